The predicted molar refractivity (Wildman–Crippen MR) is 49.5 cm³/mol. The van der Waals surface area contributed by atoms with Gasteiger partial charge in [0, 0.05) is 20.1 Å². The Kier molecular flexibility index (Phi) is 4.57. The van der Waals surface area contributed by atoms with Crippen molar-refractivity contribution in [2.75, 3.05) is 13.7 Å². The van der Waals surface area contributed by atoms with E-state index in [1.54, 1.807) is 19.6 Å². The lowest BCUT2D eigenvalue weighted by Crippen LogP contribution is -2.10. The van der Waals surface area contributed by atoms with Crippen molar-refractivity contribution in [2.45, 2.75) is 25.4 Å². The van der Waals surface area contributed by atoms with Crippen LogP contribution in [0.4, 0.5) is 0 Å². The van der Waals surface area contributed by atoms with Gasteiger partial charge in [-0.1, -0.05) is 0 Å². The van der Waals surface area contributed by atoms with Gasteiger partial charge >= 0.3 is 0 Å². The molecule has 1 rings (SSSR count). The van der Waals surface area contributed by atoms with E-state index in [4.69, 9.17) is 9.15 Å². The van der Waals surface area contributed by atoms with Crippen LogP contribution in [0.2, 0.25) is 0 Å². The fraction of sp³-hybridized carbons (Fsp3) is 0.600. The fourth-order valence-electron chi connectivity index (χ4n) is 1.25. The number of hydrogen-bond acceptors (Lipinski definition) is 3. The lowest BCUT2D eigenvalue weighted by atomic mass is 10.1. The second kappa shape index (κ2) is 5.78. The van der Waals surface area contributed by atoms with E-state index in [1.807, 2.05) is 6.07 Å². The molecule has 3 heteroatoms. The Morgan fingerprint density at radius 2 is 2.46 bits per heavy atom. The van der Waals surface area contributed by atoms with Crippen LogP contribution in [0.3, 0.4) is 0 Å². The molecule has 0 aliphatic carbocycles. The van der Waals surface area contributed by atoms with Crippen LogP contribution in [-0.4, -0.2) is 24.9 Å². The predicted octanol–water partition coefficient (Wildman–Crippen LogP) is 1.61. The third-order valence-corrected chi connectivity index (χ3v) is 1.94. The molecule has 3 nitrogen and oxygen atoms in total. The highest BCUT2D eigenvalue weighted by atomic mass is 16.5. The maximum absolute atomic E-state index is 9.55. The van der Waals surface area contributed by atoms with Crippen LogP contribution >= 0.6 is 0 Å². The second-order valence-corrected chi connectivity index (χ2v) is 3.12. The molecule has 1 N–H and O–H groups in total. The molecule has 0 amide bonds. The topological polar surface area (TPSA) is 42.6 Å². The van der Waals surface area contributed by atoms with E-state index in [2.05, 4.69) is 0 Å². The summed E-state index contributed by atoms with van der Waals surface area (Å²) in [7, 11) is 1.67. The largest absolute Gasteiger partial charge is 0.472 e. The molecule has 0 bridgehead atoms. The number of aliphatic hydroxyl groups is 1. The molecule has 74 valence electrons. The molecular weight excluding hydrogens is 168 g/mol. The van der Waals surface area contributed by atoms with Gasteiger partial charge in [-0.05, 0) is 24.5 Å². The molecule has 1 unspecified atom stereocenters. The maximum Gasteiger partial charge on any atom is 0.0935 e. The summed E-state index contributed by atoms with van der Waals surface area (Å²) in [6.45, 7) is 0.711. The number of ether oxygens (including phenoxy) is 1. The highest BCUT2D eigenvalue weighted by molar-refractivity contribution is 5.06. The van der Waals surface area contributed by atoms with Gasteiger partial charge in [0.15, 0.2) is 0 Å². The molecule has 13 heavy (non-hydrogen) atoms. The minimum absolute atomic E-state index is 0.284. The lowest BCUT2D eigenvalue weighted by molar-refractivity contribution is 0.135. The van der Waals surface area contributed by atoms with Crippen molar-refractivity contribution in [3.8, 4) is 0 Å². The summed E-state index contributed by atoms with van der Waals surface area (Å²) < 4.78 is 9.80. The van der Waals surface area contributed by atoms with E-state index in [-0.39, 0.29) is 6.10 Å². The van der Waals surface area contributed by atoms with Crippen LogP contribution in [-0.2, 0) is 11.2 Å². The SMILES string of the molecule is COCCCC(O)Cc1ccoc1. The van der Waals surface area contributed by atoms with E-state index in [0.29, 0.717) is 13.0 Å². The molecule has 1 heterocycles. The summed E-state index contributed by atoms with van der Waals surface area (Å²) in [6.07, 6.45) is 5.35. The van der Waals surface area contributed by atoms with E-state index >= 15 is 0 Å². The van der Waals surface area contributed by atoms with Crippen molar-refractivity contribution in [1.82, 2.24) is 0 Å². The summed E-state index contributed by atoms with van der Waals surface area (Å²) in [5, 5.41) is 9.55. The summed E-state index contributed by atoms with van der Waals surface area (Å²) in [5.74, 6) is 0. The van der Waals surface area contributed by atoms with Crippen molar-refractivity contribution in [2.24, 2.45) is 0 Å². The summed E-state index contributed by atoms with van der Waals surface area (Å²) in [6, 6.07) is 1.87. The maximum atomic E-state index is 9.55. The van der Waals surface area contributed by atoms with Crippen molar-refractivity contribution < 1.29 is 14.3 Å². The van der Waals surface area contributed by atoms with Crippen LogP contribution in [0.1, 0.15) is 18.4 Å². The zero-order valence-corrected chi connectivity index (χ0v) is 7.90. The first-order valence-electron chi connectivity index (χ1n) is 4.51. The van der Waals surface area contributed by atoms with E-state index < -0.39 is 0 Å². The van der Waals surface area contributed by atoms with Crippen molar-refractivity contribution in [3.63, 3.8) is 0 Å². The first-order chi connectivity index (χ1) is 6.33. The van der Waals surface area contributed by atoms with Crippen LogP contribution in [0.15, 0.2) is 23.0 Å². The number of hydrogen-bond donors (Lipinski definition) is 1. The monoisotopic (exact) mass is 184 g/mol. The lowest BCUT2D eigenvalue weighted by Gasteiger charge is -2.07. The molecule has 0 aromatic carbocycles. The highest BCUT2D eigenvalue weighted by Gasteiger charge is 2.05. The van der Waals surface area contributed by atoms with E-state index in [0.717, 1.165) is 18.4 Å². The Morgan fingerprint density at radius 1 is 1.62 bits per heavy atom. The van der Waals surface area contributed by atoms with Gasteiger partial charge in [-0.2, -0.15) is 0 Å². The first kappa shape index (κ1) is 10.3. The molecular formula is C10H16O3. The van der Waals surface area contributed by atoms with Crippen molar-refractivity contribution >= 4 is 0 Å². The second-order valence-electron chi connectivity index (χ2n) is 3.12. The summed E-state index contributed by atoms with van der Waals surface area (Å²) in [5.41, 5.74) is 1.05. The molecule has 0 saturated carbocycles. The Bertz CT molecular complexity index is 206. The third kappa shape index (κ3) is 4.10. The summed E-state index contributed by atoms with van der Waals surface area (Å²) >= 11 is 0. The molecule has 1 aromatic rings. The first-order valence-corrected chi connectivity index (χ1v) is 4.51. The van der Waals surface area contributed by atoms with Gasteiger partial charge < -0.3 is 14.3 Å². The normalized spacial score (nSPS) is 13.1. The van der Waals surface area contributed by atoms with Crippen molar-refractivity contribution in [1.29, 1.82) is 0 Å². The average Bonchev–Trinajstić information content (AvgIpc) is 2.57. The van der Waals surface area contributed by atoms with Crippen LogP contribution < -0.4 is 0 Å². The van der Waals surface area contributed by atoms with Gasteiger partial charge in [0.1, 0.15) is 0 Å². The van der Waals surface area contributed by atoms with Gasteiger partial charge in [-0.3, -0.25) is 0 Å². The number of methoxy groups -OCH3 is 1. The Morgan fingerprint density at radius 3 is 3.08 bits per heavy atom. The highest BCUT2D eigenvalue weighted by Crippen LogP contribution is 2.07. The molecule has 0 aliphatic heterocycles. The molecule has 1 atom stereocenters. The fourth-order valence-corrected chi connectivity index (χ4v) is 1.25. The Balaban J connectivity index is 2.14. The van der Waals surface area contributed by atoms with Gasteiger partial charge in [0.05, 0.1) is 18.6 Å². The van der Waals surface area contributed by atoms with Crippen LogP contribution in [0.5, 0.6) is 0 Å². The number of aliphatic hydroxyl groups excluding tert-OH is 1. The quantitative estimate of drug-likeness (QED) is 0.683. The van der Waals surface area contributed by atoms with Crippen molar-refractivity contribution in [3.05, 3.63) is 24.2 Å². The smallest absolute Gasteiger partial charge is 0.0935 e. The molecule has 0 spiro atoms. The minimum Gasteiger partial charge on any atom is -0.472 e. The van der Waals surface area contributed by atoms with Gasteiger partial charge in [0.2, 0.25) is 0 Å². The zero-order valence-electron chi connectivity index (χ0n) is 7.90. The number of rotatable bonds is 6. The number of furan rings is 1. The van der Waals surface area contributed by atoms with Crippen LogP contribution in [0.25, 0.3) is 0 Å². The van der Waals surface area contributed by atoms with Gasteiger partial charge in [-0.15, -0.1) is 0 Å². The standard InChI is InChI=1S/C10H16O3/c1-12-5-2-3-10(11)7-9-4-6-13-8-9/h4,6,8,10-11H,2-3,5,7H2,1H3. The van der Waals surface area contributed by atoms with E-state index in [1.165, 1.54) is 0 Å². The van der Waals surface area contributed by atoms with Gasteiger partial charge in [0.25, 0.3) is 0 Å². The molecule has 0 radical (unpaired) electrons. The molecule has 0 fully saturated rings. The summed E-state index contributed by atoms with van der Waals surface area (Å²) in [4.78, 5) is 0. The molecule has 0 aliphatic rings. The van der Waals surface area contributed by atoms with E-state index in [9.17, 15) is 5.11 Å². The zero-order chi connectivity index (χ0) is 9.52. The molecule has 1 aromatic heterocycles. The molecule has 0 saturated heterocycles. The minimum atomic E-state index is -0.284. The Hall–Kier alpha value is -0.800. The average molecular weight is 184 g/mol. The Labute approximate surface area is 78.3 Å². The third-order valence-electron chi connectivity index (χ3n) is 1.94. The van der Waals surface area contributed by atoms with Crippen LogP contribution in [0, 0.1) is 0 Å². The van der Waals surface area contributed by atoms with Gasteiger partial charge in [-0.25, -0.2) is 0 Å².